The normalized spacial score (nSPS) is 10.4. The van der Waals surface area contributed by atoms with Crippen LogP contribution in [0.1, 0.15) is 22.4 Å². The molecular weight excluding hydrogens is 360 g/mol. The number of carbonyl (C=O) groups is 1. The summed E-state index contributed by atoms with van der Waals surface area (Å²) in [5.41, 5.74) is 2.25. The van der Waals surface area contributed by atoms with Crippen molar-refractivity contribution in [2.24, 2.45) is 0 Å². The molecule has 1 amide bonds. The summed E-state index contributed by atoms with van der Waals surface area (Å²) in [7, 11) is 3.20. The Morgan fingerprint density at radius 3 is 2.56 bits per heavy atom. The number of ether oxygens (including phenoxy) is 2. The van der Waals surface area contributed by atoms with Crippen LogP contribution in [0.25, 0.3) is 0 Å². The molecule has 2 aromatic carbocycles. The molecule has 0 aliphatic carbocycles. The van der Waals surface area contributed by atoms with Gasteiger partial charge >= 0.3 is 0 Å². The van der Waals surface area contributed by atoms with E-state index in [0.29, 0.717) is 29.5 Å². The van der Waals surface area contributed by atoms with Crippen molar-refractivity contribution in [1.29, 1.82) is 0 Å². The maximum absolute atomic E-state index is 12.2. The van der Waals surface area contributed by atoms with Crippen LogP contribution in [0.4, 0.5) is 5.13 Å². The highest BCUT2D eigenvalue weighted by Gasteiger charge is 2.09. The largest absolute Gasteiger partial charge is 0.493 e. The van der Waals surface area contributed by atoms with E-state index in [1.807, 2.05) is 42.6 Å². The lowest BCUT2D eigenvalue weighted by Gasteiger charge is -2.09. The lowest BCUT2D eigenvalue weighted by Crippen LogP contribution is -2.12. The summed E-state index contributed by atoms with van der Waals surface area (Å²) in [4.78, 5) is 17.7. The maximum atomic E-state index is 12.2. The molecule has 0 saturated carbocycles. The Morgan fingerprint density at radius 2 is 1.81 bits per heavy atom. The van der Waals surface area contributed by atoms with E-state index in [4.69, 9.17) is 9.47 Å². The van der Waals surface area contributed by atoms with Gasteiger partial charge in [-0.1, -0.05) is 36.4 Å². The molecule has 27 heavy (non-hydrogen) atoms. The summed E-state index contributed by atoms with van der Waals surface area (Å²) in [5, 5.41) is 3.52. The maximum Gasteiger partial charge on any atom is 0.226 e. The van der Waals surface area contributed by atoms with Gasteiger partial charge in [-0.25, -0.2) is 4.98 Å². The minimum atomic E-state index is -0.0506. The van der Waals surface area contributed by atoms with Crippen LogP contribution >= 0.6 is 11.3 Å². The average Bonchev–Trinajstić information content (AvgIpc) is 3.13. The highest BCUT2D eigenvalue weighted by Crippen LogP contribution is 2.28. The predicted molar refractivity (Wildman–Crippen MR) is 108 cm³/mol. The van der Waals surface area contributed by atoms with Gasteiger partial charge in [0.2, 0.25) is 5.91 Å². The number of aromatic nitrogens is 1. The third kappa shape index (κ3) is 5.31. The summed E-state index contributed by atoms with van der Waals surface area (Å²) in [6, 6.07) is 15.9. The van der Waals surface area contributed by atoms with E-state index in [9.17, 15) is 4.79 Å². The number of nitrogens with zero attached hydrogens (tertiary/aromatic N) is 1. The zero-order valence-electron chi connectivity index (χ0n) is 15.4. The number of methoxy groups -OCH3 is 2. The quantitative estimate of drug-likeness (QED) is 0.630. The van der Waals surface area contributed by atoms with Gasteiger partial charge in [0.1, 0.15) is 0 Å². The fourth-order valence-electron chi connectivity index (χ4n) is 2.72. The molecule has 1 heterocycles. The van der Waals surface area contributed by atoms with Crippen molar-refractivity contribution in [3.05, 3.63) is 70.7 Å². The number of rotatable bonds is 8. The van der Waals surface area contributed by atoms with E-state index in [-0.39, 0.29) is 5.91 Å². The lowest BCUT2D eigenvalue weighted by atomic mass is 10.1. The number of thiazole rings is 1. The third-order valence-corrected chi connectivity index (χ3v) is 5.02. The highest BCUT2D eigenvalue weighted by atomic mass is 32.1. The van der Waals surface area contributed by atoms with E-state index in [1.165, 1.54) is 16.9 Å². The van der Waals surface area contributed by atoms with Crippen LogP contribution in [0.5, 0.6) is 11.5 Å². The van der Waals surface area contributed by atoms with Gasteiger partial charge < -0.3 is 14.8 Å². The first-order valence-corrected chi connectivity index (χ1v) is 9.49. The van der Waals surface area contributed by atoms with Crippen molar-refractivity contribution in [1.82, 2.24) is 4.98 Å². The molecule has 0 aliphatic heterocycles. The SMILES string of the molecule is COc1ccc(CCC(=O)Nc2ncc(Cc3ccccc3)s2)cc1OC. The van der Waals surface area contributed by atoms with Crippen molar-refractivity contribution in [3.8, 4) is 11.5 Å². The monoisotopic (exact) mass is 382 g/mol. The van der Waals surface area contributed by atoms with E-state index < -0.39 is 0 Å². The third-order valence-electron chi connectivity index (χ3n) is 4.11. The van der Waals surface area contributed by atoms with Gasteiger partial charge in [0, 0.05) is 23.9 Å². The molecule has 6 heteroatoms. The molecule has 5 nitrogen and oxygen atoms in total. The first-order valence-electron chi connectivity index (χ1n) is 8.67. The number of aryl methyl sites for hydroxylation is 1. The Labute approximate surface area is 163 Å². The second kappa shape index (κ2) is 9.19. The van der Waals surface area contributed by atoms with Crippen LogP contribution in [0.15, 0.2) is 54.7 Å². The van der Waals surface area contributed by atoms with Crippen molar-refractivity contribution >= 4 is 22.4 Å². The van der Waals surface area contributed by atoms with Gasteiger partial charge in [-0.15, -0.1) is 11.3 Å². The first kappa shape index (κ1) is 18.9. The molecule has 140 valence electrons. The molecule has 0 fully saturated rings. The number of carbonyl (C=O) groups excluding carboxylic acids is 1. The predicted octanol–water partition coefficient (Wildman–Crippen LogP) is 4.32. The van der Waals surface area contributed by atoms with Gasteiger partial charge in [0.15, 0.2) is 16.6 Å². The summed E-state index contributed by atoms with van der Waals surface area (Å²) >= 11 is 1.51. The Balaban J connectivity index is 1.52. The molecule has 0 atom stereocenters. The standard InChI is InChI=1S/C21H22N2O3S/c1-25-18-10-8-16(13-19(18)26-2)9-11-20(24)23-21-22-14-17(27-21)12-15-6-4-3-5-7-15/h3-8,10,13-14H,9,11-12H2,1-2H3,(H,22,23,24). The van der Waals surface area contributed by atoms with E-state index in [0.717, 1.165) is 16.9 Å². The minimum Gasteiger partial charge on any atom is -0.493 e. The molecule has 0 spiro atoms. The minimum absolute atomic E-state index is 0.0506. The van der Waals surface area contributed by atoms with Crippen molar-refractivity contribution < 1.29 is 14.3 Å². The molecular formula is C21H22N2O3S. The zero-order chi connectivity index (χ0) is 19.1. The fraction of sp³-hybridized carbons (Fsp3) is 0.238. The first-order chi connectivity index (χ1) is 13.2. The van der Waals surface area contributed by atoms with Gasteiger partial charge in [-0.05, 0) is 29.7 Å². The van der Waals surface area contributed by atoms with Crippen molar-refractivity contribution in [2.45, 2.75) is 19.3 Å². The Morgan fingerprint density at radius 1 is 1.04 bits per heavy atom. The Kier molecular flexibility index (Phi) is 6.44. The van der Waals surface area contributed by atoms with Crippen LogP contribution in [-0.4, -0.2) is 25.1 Å². The van der Waals surface area contributed by atoms with E-state index >= 15 is 0 Å². The summed E-state index contributed by atoms with van der Waals surface area (Å²) in [5.74, 6) is 1.30. The number of benzene rings is 2. The molecule has 0 unspecified atom stereocenters. The molecule has 0 bridgehead atoms. The fourth-order valence-corrected chi connectivity index (χ4v) is 3.58. The van der Waals surface area contributed by atoms with Crippen LogP contribution in [0.2, 0.25) is 0 Å². The van der Waals surface area contributed by atoms with E-state index in [2.05, 4.69) is 22.4 Å². The summed E-state index contributed by atoms with van der Waals surface area (Å²) in [6.07, 6.45) is 3.64. The van der Waals surface area contributed by atoms with Crippen LogP contribution in [0, 0.1) is 0 Å². The average molecular weight is 382 g/mol. The second-order valence-electron chi connectivity index (χ2n) is 6.03. The highest BCUT2D eigenvalue weighted by molar-refractivity contribution is 7.15. The smallest absolute Gasteiger partial charge is 0.226 e. The molecule has 1 N–H and O–H groups in total. The summed E-state index contributed by atoms with van der Waals surface area (Å²) in [6.45, 7) is 0. The topological polar surface area (TPSA) is 60.5 Å². The molecule has 1 aromatic heterocycles. The Bertz CT molecular complexity index is 893. The van der Waals surface area contributed by atoms with Crippen molar-refractivity contribution in [2.75, 3.05) is 19.5 Å². The summed E-state index contributed by atoms with van der Waals surface area (Å²) < 4.78 is 10.5. The number of nitrogens with one attached hydrogen (secondary N) is 1. The zero-order valence-corrected chi connectivity index (χ0v) is 16.2. The molecule has 0 radical (unpaired) electrons. The van der Waals surface area contributed by atoms with Gasteiger partial charge in [0.05, 0.1) is 14.2 Å². The number of hydrogen-bond donors (Lipinski definition) is 1. The second-order valence-corrected chi connectivity index (χ2v) is 7.15. The van der Waals surface area contributed by atoms with E-state index in [1.54, 1.807) is 14.2 Å². The van der Waals surface area contributed by atoms with Gasteiger partial charge in [-0.3, -0.25) is 4.79 Å². The number of amides is 1. The van der Waals surface area contributed by atoms with Crippen molar-refractivity contribution in [3.63, 3.8) is 0 Å². The Hall–Kier alpha value is -2.86. The lowest BCUT2D eigenvalue weighted by molar-refractivity contribution is -0.116. The number of hydrogen-bond acceptors (Lipinski definition) is 5. The number of anilines is 1. The van der Waals surface area contributed by atoms with Crippen LogP contribution < -0.4 is 14.8 Å². The molecule has 0 saturated heterocycles. The van der Waals surface area contributed by atoms with Gasteiger partial charge in [0.25, 0.3) is 0 Å². The molecule has 3 rings (SSSR count). The molecule has 0 aliphatic rings. The molecule has 3 aromatic rings. The van der Waals surface area contributed by atoms with Crippen LogP contribution in [-0.2, 0) is 17.6 Å². The van der Waals surface area contributed by atoms with Gasteiger partial charge in [-0.2, -0.15) is 0 Å². The van der Waals surface area contributed by atoms with Crippen LogP contribution in [0.3, 0.4) is 0 Å².